The van der Waals surface area contributed by atoms with E-state index in [1.165, 1.54) is 59.7 Å². The zero-order valence-corrected chi connectivity index (χ0v) is 42.7. The first-order valence-electron chi connectivity index (χ1n) is 25.4. The molecular formula is C50H71N7O11S2. The van der Waals surface area contributed by atoms with Crippen molar-refractivity contribution in [2.45, 2.75) is 114 Å². The number of aliphatic carboxylic acids is 1. The van der Waals surface area contributed by atoms with Crippen LogP contribution >= 0.6 is 23.5 Å². The predicted octanol–water partition coefficient (Wildman–Crippen LogP) is 4.22. The maximum Gasteiger partial charge on any atom is 0.363 e. The van der Waals surface area contributed by atoms with Crippen LogP contribution in [-0.4, -0.2) is 182 Å². The lowest BCUT2D eigenvalue weighted by molar-refractivity contribution is -0.384. The largest absolute Gasteiger partial charge is 0.477 e. The number of nitrogens with zero attached hydrogens (tertiary/aromatic N) is 6. The van der Waals surface area contributed by atoms with E-state index in [2.05, 4.69) is 27.1 Å². The minimum absolute atomic E-state index is 0.00466. The summed E-state index contributed by atoms with van der Waals surface area (Å²) in [7, 11) is 2.17. The fraction of sp³-hybridized carbons (Fsp3) is 0.700. The second kappa shape index (κ2) is 22.5. The van der Waals surface area contributed by atoms with Crippen LogP contribution in [0.5, 0.6) is 0 Å². The van der Waals surface area contributed by atoms with E-state index in [-0.39, 0.29) is 63.6 Å². The summed E-state index contributed by atoms with van der Waals surface area (Å²) in [6, 6.07) is 4.21. The Bertz CT molecular complexity index is 2210. The van der Waals surface area contributed by atoms with E-state index in [0.717, 1.165) is 107 Å². The maximum atomic E-state index is 13.5. The van der Waals surface area contributed by atoms with E-state index in [1.54, 1.807) is 37.4 Å². The summed E-state index contributed by atoms with van der Waals surface area (Å²) >= 11 is 3.27. The molecule has 0 radical (unpaired) electrons. The summed E-state index contributed by atoms with van der Waals surface area (Å²) in [4.78, 5) is 86.0. The Labute approximate surface area is 419 Å². The number of rotatable bonds is 14. The van der Waals surface area contributed by atoms with Crippen LogP contribution in [0.3, 0.4) is 0 Å². The Hall–Kier alpha value is -3.89. The number of carbonyl (C=O) groups excluding carboxylic acids is 4. The zero-order valence-electron chi connectivity index (χ0n) is 41.1. The molecule has 18 nitrogen and oxygen atoms in total. The molecule has 6 saturated heterocycles. The lowest BCUT2D eigenvalue weighted by Gasteiger charge is -2.46. The number of nitro groups is 1. The minimum Gasteiger partial charge on any atom is -0.477 e. The third kappa shape index (κ3) is 11.0. The Kier molecular flexibility index (Phi) is 16.8. The van der Waals surface area contributed by atoms with Crippen molar-refractivity contribution < 1.29 is 49.0 Å². The number of thioether (sulfide) groups is 2. The number of ether oxygens (including phenoxy) is 1. The van der Waals surface area contributed by atoms with Crippen LogP contribution in [0.2, 0.25) is 0 Å². The van der Waals surface area contributed by atoms with Crippen LogP contribution in [-0.2, 0) is 23.9 Å². The molecule has 384 valence electrons. The lowest BCUT2D eigenvalue weighted by Crippen LogP contribution is -2.63. The highest BCUT2D eigenvalue weighted by atomic mass is 32.2. The van der Waals surface area contributed by atoms with Gasteiger partial charge in [0, 0.05) is 70.5 Å². The Morgan fingerprint density at radius 2 is 1.21 bits per heavy atom. The second-order valence-corrected chi connectivity index (χ2v) is 23.6. The number of hydrogen-bond acceptors (Lipinski definition) is 16. The summed E-state index contributed by atoms with van der Waals surface area (Å²) in [6.07, 6.45) is 7.49. The molecule has 0 aliphatic carbocycles. The van der Waals surface area contributed by atoms with Gasteiger partial charge in [-0.15, -0.1) is 23.5 Å². The highest BCUT2D eigenvalue weighted by Gasteiger charge is 2.62. The third-order valence-electron chi connectivity index (χ3n) is 16.0. The second-order valence-electron chi connectivity index (χ2n) is 20.9. The fourth-order valence-corrected chi connectivity index (χ4v) is 15.4. The van der Waals surface area contributed by atoms with Gasteiger partial charge in [-0.05, 0) is 135 Å². The summed E-state index contributed by atoms with van der Waals surface area (Å²) in [5, 5.41) is 45.1. The van der Waals surface area contributed by atoms with Gasteiger partial charge in [0.2, 0.25) is 11.8 Å². The number of non-ortho nitro benzene ring substituents is 1. The van der Waals surface area contributed by atoms with Gasteiger partial charge >= 0.3 is 17.9 Å². The third-order valence-corrected chi connectivity index (χ3v) is 19.0. The summed E-state index contributed by atoms with van der Waals surface area (Å²) in [5.41, 5.74) is 0.0476. The number of carboxylic acids is 1. The van der Waals surface area contributed by atoms with Crippen molar-refractivity contribution in [1.82, 2.24) is 29.8 Å². The predicted molar refractivity (Wildman–Crippen MR) is 265 cm³/mol. The van der Waals surface area contributed by atoms with Crippen LogP contribution in [0.15, 0.2) is 45.5 Å². The van der Waals surface area contributed by atoms with E-state index in [1.807, 2.05) is 13.8 Å². The van der Waals surface area contributed by atoms with E-state index in [9.17, 15) is 49.4 Å². The van der Waals surface area contributed by atoms with Crippen molar-refractivity contribution in [1.29, 1.82) is 0 Å². The molecule has 8 aliphatic rings. The van der Waals surface area contributed by atoms with Crippen molar-refractivity contribution in [2.24, 2.45) is 35.5 Å². The maximum absolute atomic E-state index is 13.5. The van der Waals surface area contributed by atoms with Gasteiger partial charge in [0.15, 0.2) is 0 Å². The number of fused-ring (bicyclic) bond motifs is 2. The number of carbonyl (C=O) groups is 5. The first-order valence-corrected chi connectivity index (χ1v) is 27.1. The lowest BCUT2D eigenvalue weighted by atomic mass is 9.79. The highest BCUT2D eigenvalue weighted by molar-refractivity contribution is 8.04. The minimum atomic E-state index is -1.03. The van der Waals surface area contributed by atoms with Gasteiger partial charge in [-0.25, -0.2) is 14.4 Å². The topological polar surface area (TPSA) is 227 Å². The summed E-state index contributed by atoms with van der Waals surface area (Å²) < 4.78 is 5.23. The van der Waals surface area contributed by atoms with Gasteiger partial charge in [0.1, 0.15) is 11.4 Å². The molecule has 2 amide bonds. The average molecular weight is 1010 g/mol. The number of piperidine rings is 4. The van der Waals surface area contributed by atoms with Crippen LogP contribution in [0, 0.1) is 45.6 Å². The monoisotopic (exact) mass is 1010 g/mol. The number of aliphatic hydroxyl groups excluding tert-OH is 2. The smallest absolute Gasteiger partial charge is 0.363 e. The molecule has 10 atom stereocenters. The number of likely N-dealkylation sites (tertiary alicyclic amines) is 3. The molecule has 4 N–H and O–H groups in total. The number of nitrogens with one attached hydrogen (secondary N) is 1. The van der Waals surface area contributed by atoms with E-state index < -0.39 is 46.9 Å². The number of β-lactam (4-membered cyclic amide) rings is 2. The average Bonchev–Trinajstić information content (AvgIpc) is 3.71. The molecular weight excluding hydrogens is 939 g/mol. The van der Waals surface area contributed by atoms with Gasteiger partial charge in [-0.2, -0.15) is 0 Å². The molecule has 8 heterocycles. The number of hydrogen-bond donors (Lipinski definition) is 4. The molecule has 0 spiro atoms. The van der Waals surface area contributed by atoms with Crippen molar-refractivity contribution in [2.75, 3.05) is 72.5 Å². The van der Waals surface area contributed by atoms with Gasteiger partial charge < -0.3 is 49.9 Å². The van der Waals surface area contributed by atoms with Crippen molar-refractivity contribution in [3.05, 3.63) is 61.1 Å². The molecule has 0 bridgehead atoms. The normalized spacial score (nSPS) is 31.0. The van der Waals surface area contributed by atoms with Crippen LogP contribution in [0.1, 0.15) is 89.4 Å². The van der Waals surface area contributed by atoms with Crippen LogP contribution in [0.4, 0.5) is 5.69 Å². The van der Waals surface area contributed by atoms with E-state index in [4.69, 9.17) is 4.74 Å². The van der Waals surface area contributed by atoms with Crippen molar-refractivity contribution in [3.63, 3.8) is 0 Å². The zero-order chi connectivity index (χ0) is 50.1. The molecule has 1 aromatic carbocycles. The first-order chi connectivity index (χ1) is 33.4. The van der Waals surface area contributed by atoms with Crippen LogP contribution < -0.4 is 5.32 Å². The number of carboxylic acid groups (broad SMARTS) is 1. The summed E-state index contributed by atoms with van der Waals surface area (Å²) in [5.74, 6) is -3.39. The van der Waals surface area contributed by atoms with E-state index in [0.29, 0.717) is 11.2 Å². The fourth-order valence-electron chi connectivity index (χ4n) is 12.2. The van der Waals surface area contributed by atoms with Crippen molar-refractivity contribution >= 4 is 58.9 Å². The quantitative estimate of drug-likeness (QED) is 0.0673. The number of nitro benzene ring substituents is 1. The molecule has 8 aliphatic heterocycles. The Morgan fingerprint density at radius 3 is 1.69 bits per heavy atom. The number of esters is 2. The highest BCUT2D eigenvalue weighted by Crippen LogP contribution is 2.53. The van der Waals surface area contributed by atoms with Gasteiger partial charge in [0.25, 0.3) is 5.69 Å². The Morgan fingerprint density at radius 1 is 0.743 bits per heavy atom. The molecule has 20 heteroatoms. The van der Waals surface area contributed by atoms with E-state index >= 15 is 0 Å². The molecule has 0 saturated carbocycles. The van der Waals surface area contributed by atoms with Gasteiger partial charge in [-0.1, -0.05) is 13.8 Å². The molecule has 9 rings (SSSR count). The molecule has 70 heavy (non-hydrogen) atoms. The molecule has 6 fully saturated rings. The Balaban J connectivity index is 0.000000200. The molecule has 0 aromatic heterocycles. The first kappa shape index (κ1) is 52.4. The van der Waals surface area contributed by atoms with Crippen molar-refractivity contribution in [3.8, 4) is 0 Å². The van der Waals surface area contributed by atoms with Gasteiger partial charge in [0.05, 0.1) is 46.6 Å². The number of amides is 2. The van der Waals surface area contributed by atoms with Crippen LogP contribution in [0.25, 0.3) is 0 Å². The van der Waals surface area contributed by atoms with Gasteiger partial charge in [-0.3, -0.25) is 19.7 Å². The SMILES string of the molecule is C[C@@H](O)[C@H]1C(=O)N2C(C(=O)O)=C(S[C@@H]3CCCN(CC4CCNCC4)C3)[C@H](C)[C@H]12.C[C@@H](O)[C@H]1C(=O)N2C(C(=O)OC(=O)c3ccc([N+](=O)[O-])cc3)=C(S[C@@H]3CCCN(CC4CCN(C)CC4)C3)[C@H](C)[C@H]12. The summed E-state index contributed by atoms with van der Waals surface area (Å²) in [6.45, 7) is 17.9. The number of benzene rings is 1. The molecule has 0 unspecified atom stereocenters. The standard InChI is InChI=1S/C29H38N4O7S.C21H33N3O4S/c1-17-24-23(18(2)34)27(35)32(24)25(29(37)40-28(36)20-6-8-21(9-7-20)33(38)39)26(17)41-22-5-4-12-31(16-22)15-19-10-13-30(3)14-11-19;1-12-17-16(13(2)25)20(26)24(17)18(21(27)28)19(12)29-15-4-3-9-23(11-15)10-14-5-7-22-8-6-14/h6-9,17-19,22-24,34H,4-5,10-16H2,1-3H3;12-17,22,25H,3-11H2,1-2H3,(H,27,28)/t17-,18-,22-,23-,24-;12-,13-,15-,16-,17-/m11/s1. The molecule has 1 aromatic rings. The number of aliphatic hydroxyl groups is 2.